The van der Waals surface area contributed by atoms with Crippen molar-refractivity contribution in [3.8, 4) is 0 Å². The lowest BCUT2D eigenvalue weighted by Gasteiger charge is -2.25. The van der Waals surface area contributed by atoms with Crippen molar-refractivity contribution in [2.75, 3.05) is 5.32 Å². The molecule has 0 radical (unpaired) electrons. The zero-order valence-electron chi connectivity index (χ0n) is 10.5. The maximum absolute atomic E-state index is 4.13. The summed E-state index contributed by atoms with van der Waals surface area (Å²) in [5, 5.41) is 14.2. The number of aromatic amines is 1. The van der Waals surface area contributed by atoms with Gasteiger partial charge in [-0.1, -0.05) is 6.07 Å². The monoisotopic (exact) mass is 269 g/mol. The lowest BCUT2D eigenvalue weighted by atomic mass is 9.93. The third kappa shape index (κ3) is 1.83. The summed E-state index contributed by atoms with van der Waals surface area (Å²) in [7, 11) is 0. The Bertz CT molecular complexity index is 713. The molecule has 0 aliphatic heterocycles. The largest absolute Gasteiger partial charge is 0.378 e. The number of nitrogens with one attached hydrogen (secondary N) is 2. The zero-order chi connectivity index (χ0) is 12.7. The first-order valence-corrected chi connectivity index (χ1v) is 7.55. The number of hydrogen-bond acceptors (Lipinski definition) is 3. The number of anilines is 1. The van der Waals surface area contributed by atoms with E-state index in [-0.39, 0.29) is 0 Å². The van der Waals surface area contributed by atoms with Gasteiger partial charge in [0.25, 0.3) is 0 Å². The van der Waals surface area contributed by atoms with E-state index in [1.807, 2.05) is 17.5 Å². The highest BCUT2D eigenvalue weighted by molar-refractivity contribution is 7.10. The highest BCUT2D eigenvalue weighted by Crippen LogP contribution is 2.36. The normalized spacial score (nSPS) is 18.4. The molecule has 4 heteroatoms. The van der Waals surface area contributed by atoms with Gasteiger partial charge in [-0.05, 0) is 48.4 Å². The maximum Gasteiger partial charge on any atom is 0.0671 e. The molecule has 0 fully saturated rings. The molecule has 96 valence electrons. The molecule has 2 heterocycles. The van der Waals surface area contributed by atoms with Crippen LogP contribution in [0.3, 0.4) is 0 Å². The summed E-state index contributed by atoms with van der Waals surface area (Å²) in [5.41, 5.74) is 3.75. The molecule has 2 N–H and O–H groups in total. The van der Waals surface area contributed by atoms with E-state index >= 15 is 0 Å². The first-order valence-electron chi connectivity index (χ1n) is 6.67. The number of aromatic nitrogens is 2. The predicted molar refractivity (Wildman–Crippen MR) is 79.7 cm³/mol. The molecule has 0 saturated carbocycles. The van der Waals surface area contributed by atoms with Crippen LogP contribution >= 0.6 is 11.3 Å². The fourth-order valence-corrected chi connectivity index (χ4v) is 3.91. The van der Waals surface area contributed by atoms with Crippen LogP contribution in [0.4, 0.5) is 5.69 Å². The summed E-state index contributed by atoms with van der Waals surface area (Å²) >= 11 is 1.89. The van der Waals surface area contributed by atoms with Crippen molar-refractivity contribution < 1.29 is 0 Å². The van der Waals surface area contributed by atoms with E-state index in [0.29, 0.717) is 6.04 Å². The van der Waals surface area contributed by atoms with Crippen molar-refractivity contribution in [1.82, 2.24) is 10.2 Å². The van der Waals surface area contributed by atoms with Crippen molar-refractivity contribution in [3.63, 3.8) is 0 Å². The summed E-state index contributed by atoms with van der Waals surface area (Å²) in [5.74, 6) is 0. The van der Waals surface area contributed by atoms with Crippen LogP contribution in [-0.2, 0) is 6.42 Å². The Morgan fingerprint density at radius 2 is 2.32 bits per heavy atom. The van der Waals surface area contributed by atoms with E-state index in [1.165, 1.54) is 35.9 Å². The number of hydrogen-bond donors (Lipinski definition) is 2. The first kappa shape index (κ1) is 11.1. The van der Waals surface area contributed by atoms with Crippen molar-refractivity contribution in [3.05, 3.63) is 46.3 Å². The molecule has 19 heavy (non-hydrogen) atoms. The molecule has 0 saturated heterocycles. The molecule has 3 nitrogen and oxygen atoms in total. The van der Waals surface area contributed by atoms with Gasteiger partial charge in [-0.3, -0.25) is 5.10 Å². The Morgan fingerprint density at radius 3 is 3.32 bits per heavy atom. The average molecular weight is 269 g/mol. The van der Waals surface area contributed by atoms with Crippen LogP contribution in [0.2, 0.25) is 0 Å². The van der Waals surface area contributed by atoms with Crippen LogP contribution in [0, 0.1) is 0 Å². The minimum atomic E-state index is 0.440. The van der Waals surface area contributed by atoms with Crippen LogP contribution in [0.25, 0.3) is 10.9 Å². The van der Waals surface area contributed by atoms with Gasteiger partial charge in [0.15, 0.2) is 0 Å². The molecule has 3 aromatic rings. The topological polar surface area (TPSA) is 40.7 Å². The van der Waals surface area contributed by atoms with E-state index < -0.39 is 0 Å². The number of benzene rings is 1. The number of fused-ring (bicyclic) bond motifs is 2. The lowest BCUT2D eigenvalue weighted by molar-refractivity contribution is 0.609. The van der Waals surface area contributed by atoms with E-state index in [4.69, 9.17) is 0 Å². The quantitative estimate of drug-likeness (QED) is 0.735. The zero-order valence-corrected chi connectivity index (χ0v) is 11.3. The van der Waals surface area contributed by atoms with E-state index in [9.17, 15) is 0 Å². The fourth-order valence-electron chi connectivity index (χ4n) is 2.92. The molecule has 0 amide bonds. The Balaban J connectivity index is 1.71. The fraction of sp³-hybridized carbons (Fsp3) is 0.267. The second-order valence-electron chi connectivity index (χ2n) is 5.03. The van der Waals surface area contributed by atoms with Gasteiger partial charge in [-0.15, -0.1) is 11.3 Å². The summed E-state index contributed by atoms with van der Waals surface area (Å²) in [6.45, 7) is 0. The molecule has 1 aliphatic rings. The summed E-state index contributed by atoms with van der Waals surface area (Å²) < 4.78 is 0. The third-order valence-electron chi connectivity index (χ3n) is 3.87. The molecular formula is C15H15N3S. The molecule has 2 aromatic heterocycles. The molecular weight excluding hydrogens is 254 g/mol. The van der Waals surface area contributed by atoms with Crippen LogP contribution in [0.15, 0.2) is 35.8 Å². The highest BCUT2D eigenvalue weighted by atomic mass is 32.1. The smallest absolute Gasteiger partial charge is 0.0671 e. The van der Waals surface area contributed by atoms with Gasteiger partial charge < -0.3 is 5.32 Å². The second kappa shape index (κ2) is 4.38. The number of H-pyrrole nitrogens is 1. The van der Waals surface area contributed by atoms with Crippen molar-refractivity contribution in [2.45, 2.75) is 25.3 Å². The molecule has 0 bridgehead atoms. The van der Waals surface area contributed by atoms with E-state index in [0.717, 1.165) is 5.52 Å². The van der Waals surface area contributed by atoms with Gasteiger partial charge in [0, 0.05) is 16.0 Å². The van der Waals surface area contributed by atoms with Gasteiger partial charge in [-0.25, -0.2) is 0 Å². The van der Waals surface area contributed by atoms with Crippen LogP contribution in [0.5, 0.6) is 0 Å². The molecule has 4 rings (SSSR count). The number of nitrogens with zero attached hydrogens (tertiary/aromatic N) is 1. The van der Waals surface area contributed by atoms with Gasteiger partial charge in [0.05, 0.1) is 17.8 Å². The van der Waals surface area contributed by atoms with Gasteiger partial charge in [0.2, 0.25) is 0 Å². The Hall–Kier alpha value is -1.81. The Morgan fingerprint density at radius 1 is 1.32 bits per heavy atom. The standard InChI is InChI=1S/C15H15N3S/c1-3-13(11-9-16-18-14(11)5-1)17-12-4-2-6-15-10(12)7-8-19-15/h1,3,5,7-9,12,17H,2,4,6H2,(H,16,18). The minimum absolute atomic E-state index is 0.440. The lowest BCUT2D eigenvalue weighted by Crippen LogP contribution is -2.15. The predicted octanol–water partition coefficient (Wildman–Crippen LogP) is 4.11. The van der Waals surface area contributed by atoms with Crippen LogP contribution < -0.4 is 5.32 Å². The second-order valence-corrected chi connectivity index (χ2v) is 6.03. The molecule has 1 atom stereocenters. The highest BCUT2D eigenvalue weighted by Gasteiger charge is 2.21. The number of aryl methyl sites for hydroxylation is 1. The van der Waals surface area contributed by atoms with Crippen molar-refractivity contribution in [2.24, 2.45) is 0 Å². The summed E-state index contributed by atoms with van der Waals surface area (Å²) in [6, 6.07) is 8.98. The summed E-state index contributed by atoms with van der Waals surface area (Å²) in [4.78, 5) is 1.54. The maximum atomic E-state index is 4.13. The number of rotatable bonds is 2. The number of thiophene rings is 1. The van der Waals surface area contributed by atoms with Gasteiger partial charge in [0.1, 0.15) is 0 Å². The molecule has 0 spiro atoms. The van der Waals surface area contributed by atoms with Crippen LogP contribution in [0.1, 0.15) is 29.3 Å². The van der Waals surface area contributed by atoms with E-state index in [2.05, 4.69) is 45.2 Å². The van der Waals surface area contributed by atoms with Crippen molar-refractivity contribution in [1.29, 1.82) is 0 Å². The minimum Gasteiger partial charge on any atom is -0.378 e. The SMILES string of the molecule is c1cc(NC2CCCc3sccc32)c2cn[nH]c2c1. The van der Waals surface area contributed by atoms with Crippen molar-refractivity contribution >= 4 is 27.9 Å². The van der Waals surface area contributed by atoms with E-state index in [1.54, 1.807) is 4.88 Å². The Kier molecular flexibility index (Phi) is 2.55. The molecule has 1 aliphatic carbocycles. The third-order valence-corrected chi connectivity index (χ3v) is 4.86. The molecule has 1 aromatic carbocycles. The molecule has 1 unspecified atom stereocenters. The van der Waals surface area contributed by atoms with Gasteiger partial charge in [-0.2, -0.15) is 5.10 Å². The van der Waals surface area contributed by atoms with Crippen LogP contribution in [-0.4, -0.2) is 10.2 Å². The Labute approximate surface area is 115 Å². The average Bonchev–Trinajstić information content (AvgIpc) is 3.08. The first-order chi connectivity index (χ1) is 9.42. The summed E-state index contributed by atoms with van der Waals surface area (Å²) in [6.07, 6.45) is 5.61. The van der Waals surface area contributed by atoms with Gasteiger partial charge >= 0.3 is 0 Å².